The molecule has 2 aromatic rings. The van der Waals surface area contributed by atoms with Gasteiger partial charge in [-0.05, 0) is 52.2 Å². The molecule has 0 radical (unpaired) electrons. The number of fused-ring (bicyclic) bond motifs is 1. The van der Waals surface area contributed by atoms with Crippen LogP contribution in [0.5, 0.6) is 5.75 Å². The largest absolute Gasteiger partial charge is 0.495 e. The maximum Gasteiger partial charge on any atom is 0.410 e. The number of aromatic nitrogens is 2. The van der Waals surface area contributed by atoms with Crippen molar-refractivity contribution in [1.82, 2.24) is 14.5 Å². The van der Waals surface area contributed by atoms with E-state index in [1.165, 1.54) is 0 Å². The second-order valence-corrected chi connectivity index (χ2v) is 7.91. The van der Waals surface area contributed by atoms with Crippen LogP contribution in [0.1, 0.15) is 58.6 Å². The van der Waals surface area contributed by atoms with Gasteiger partial charge in [0.1, 0.15) is 11.4 Å². The zero-order valence-corrected chi connectivity index (χ0v) is 18.1. The summed E-state index contributed by atoms with van der Waals surface area (Å²) in [7, 11) is 1.58. The number of aliphatic hydroxyl groups is 1. The first kappa shape index (κ1) is 22.0. The molecule has 1 aliphatic heterocycles. The van der Waals surface area contributed by atoms with E-state index in [2.05, 4.69) is 5.10 Å². The van der Waals surface area contributed by atoms with E-state index in [0.29, 0.717) is 31.7 Å². The fourth-order valence-corrected chi connectivity index (χ4v) is 3.31. The quantitative estimate of drug-likeness (QED) is 0.840. The molecular formula is C21H33N3O4. The van der Waals surface area contributed by atoms with E-state index in [1.54, 1.807) is 28.9 Å². The molecule has 3 heterocycles. The summed E-state index contributed by atoms with van der Waals surface area (Å²) >= 11 is 0. The van der Waals surface area contributed by atoms with Crippen LogP contribution in [0.4, 0.5) is 4.79 Å². The van der Waals surface area contributed by atoms with Gasteiger partial charge in [0.25, 0.3) is 0 Å². The molecule has 1 N–H and O–H groups in total. The van der Waals surface area contributed by atoms with E-state index in [0.717, 1.165) is 16.6 Å². The van der Waals surface area contributed by atoms with Crippen LogP contribution in [-0.2, 0) is 10.3 Å². The number of carbonyl (C=O) groups is 1. The van der Waals surface area contributed by atoms with Gasteiger partial charge >= 0.3 is 6.09 Å². The highest BCUT2D eigenvalue weighted by Crippen LogP contribution is 2.39. The van der Waals surface area contributed by atoms with E-state index in [4.69, 9.17) is 9.47 Å². The van der Waals surface area contributed by atoms with Crippen molar-refractivity contribution < 1.29 is 19.4 Å². The Hall–Kier alpha value is -2.28. The highest BCUT2D eigenvalue weighted by Gasteiger charge is 2.39. The van der Waals surface area contributed by atoms with E-state index in [-0.39, 0.29) is 6.09 Å². The van der Waals surface area contributed by atoms with Crippen LogP contribution in [0.3, 0.4) is 0 Å². The summed E-state index contributed by atoms with van der Waals surface area (Å²) in [4.78, 5) is 13.9. The number of rotatable bonds is 2. The minimum Gasteiger partial charge on any atom is -0.495 e. The number of hydrogen-bond donors (Lipinski definition) is 1. The summed E-state index contributed by atoms with van der Waals surface area (Å²) in [5.74, 6) is 0.591. The first-order chi connectivity index (χ1) is 13.1. The smallest absolute Gasteiger partial charge is 0.410 e. The Bertz CT molecular complexity index is 815. The van der Waals surface area contributed by atoms with Gasteiger partial charge in [-0.2, -0.15) is 5.10 Å². The van der Waals surface area contributed by atoms with Gasteiger partial charge in [-0.15, -0.1) is 0 Å². The molecular weight excluding hydrogens is 358 g/mol. The van der Waals surface area contributed by atoms with E-state index >= 15 is 0 Å². The van der Waals surface area contributed by atoms with Crippen molar-refractivity contribution in [3.8, 4) is 5.75 Å². The number of amides is 1. The van der Waals surface area contributed by atoms with Crippen LogP contribution in [0.25, 0.3) is 5.52 Å². The predicted molar refractivity (Wildman–Crippen MR) is 109 cm³/mol. The average molecular weight is 392 g/mol. The highest BCUT2D eigenvalue weighted by atomic mass is 16.6. The van der Waals surface area contributed by atoms with Gasteiger partial charge < -0.3 is 19.5 Å². The number of pyridine rings is 1. The molecule has 3 rings (SSSR count). The molecule has 2 aromatic heterocycles. The van der Waals surface area contributed by atoms with Crippen LogP contribution >= 0.6 is 0 Å². The number of aryl methyl sites for hydroxylation is 1. The molecule has 0 unspecified atom stereocenters. The molecule has 7 nitrogen and oxygen atoms in total. The van der Waals surface area contributed by atoms with Crippen LogP contribution < -0.4 is 4.74 Å². The number of nitrogens with zero attached hydrogens (tertiary/aromatic N) is 3. The van der Waals surface area contributed by atoms with Gasteiger partial charge in [-0.3, -0.25) is 0 Å². The van der Waals surface area contributed by atoms with Gasteiger partial charge in [0.15, 0.2) is 0 Å². The Morgan fingerprint density at radius 3 is 2.39 bits per heavy atom. The predicted octanol–water partition coefficient (Wildman–Crippen LogP) is 3.90. The lowest BCUT2D eigenvalue weighted by Gasteiger charge is -2.39. The molecule has 28 heavy (non-hydrogen) atoms. The van der Waals surface area contributed by atoms with Crippen molar-refractivity contribution in [2.75, 3.05) is 20.2 Å². The third-order valence-electron chi connectivity index (χ3n) is 4.78. The molecule has 0 bridgehead atoms. The fourth-order valence-electron chi connectivity index (χ4n) is 3.31. The van der Waals surface area contributed by atoms with Crippen LogP contribution in [0.15, 0.2) is 18.5 Å². The van der Waals surface area contributed by atoms with Crippen molar-refractivity contribution in [3.63, 3.8) is 0 Å². The lowest BCUT2D eigenvalue weighted by Crippen LogP contribution is -2.47. The Balaban J connectivity index is 0.00000136. The first-order valence-corrected chi connectivity index (χ1v) is 9.86. The highest BCUT2D eigenvalue weighted by molar-refractivity contribution is 5.68. The van der Waals surface area contributed by atoms with E-state index < -0.39 is 11.2 Å². The minimum absolute atomic E-state index is 0.339. The molecule has 0 aliphatic carbocycles. The SMILES string of the molecule is CC.COc1cn2ncc(C)c2cc1C1(O)CCN(C(=O)OC(C)(C)C)CC1. The summed E-state index contributed by atoms with van der Waals surface area (Å²) in [5.41, 5.74) is 1.12. The molecule has 1 saturated heterocycles. The maximum atomic E-state index is 12.3. The van der Waals surface area contributed by atoms with Crippen LogP contribution in [-0.4, -0.2) is 51.5 Å². The number of hydrogen-bond acceptors (Lipinski definition) is 5. The van der Waals surface area contributed by atoms with Crippen molar-refractivity contribution in [2.24, 2.45) is 0 Å². The van der Waals surface area contributed by atoms with E-state index in [9.17, 15) is 9.90 Å². The van der Waals surface area contributed by atoms with Gasteiger partial charge in [0.2, 0.25) is 0 Å². The van der Waals surface area contributed by atoms with Crippen molar-refractivity contribution in [3.05, 3.63) is 29.6 Å². The molecule has 7 heteroatoms. The second-order valence-electron chi connectivity index (χ2n) is 7.91. The molecule has 1 fully saturated rings. The third-order valence-corrected chi connectivity index (χ3v) is 4.78. The monoisotopic (exact) mass is 391 g/mol. The topological polar surface area (TPSA) is 76.3 Å². The van der Waals surface area contributed by atoms with Gasteiger partial charge in [0.05, 0.1) is 30.6 Å². The van der Waals surface area contributed by atoms with Gasteiger partial charge in [-0.1, -0.05) is 13.8 Å². The molecule has 0 spiro atoms. The molecule has 0 saturated carbocycles. The van der Waals surface area contributed by atoms with Crippen molar-refractivity contribution in [1.29, 1.82) is 0 Å². The van der Waals surface area contributed by atoms with Gasteiger partial charge in [-0.25, -0.2) is 9.31 Å². The number of carbonyl (C=O) groups excluding carboxylic acids is 1. The average Bonchev–Trinajstić information content (AvgIpc) is 3.01. The van der Waals surface area contributed by atoms with E-state index in [1.807, 2.05) is 47.6 Å². The second kappa shape index (κ2) is 8.39. The zero-order chi connectivity index (χ0) is 21.1. The normalized spacial score (nSPS) is 16.4. The maximum absolute atomic E-state index is 12.3. The number of methoxy groups -OCH3 is 1. The summed E-state index contributed by atoms with van der Waals surface area (Å²) in [6.45, 7) is 12.4. The standard InChI is InChI=1S/C19H27N3O4.C2H6/c1-13-11-20-22-12-16(25-5)14(10-15(13)22)19(24)6-8-21(9-7-19)17(23)26-18(2,3)4;1-2/h10-12,24H,6-9H2,1-5H3;1-2H3. The number of ether oxygens (including phenoxy) is 2. The van der Waals surface area contributed by atoms with Crippen LogP contribution in [0.2, 0.25) is 0 Å². The Kier molecular flexibility index (Phi) is 6.59. The molecule has 1 amide bonds. The Morgan fingerprint density at radius 2 is 1.86 bits per heavy atom. The molecule has 156 valence electrons. The zero-order valence-electron chi connectivity index (χ0n) is 18.1. The summed E-state index contributed by atoms with van der Waals surface area (Å²) in [5, 5.41) is 15.6. The minimum atomic E-state index is -1.05. The van der Waals surface area contributed by atoms with Crippen molar-refractivity contribution in [2.45, 2.75) is 65.6 Å². The van der Waals surface area contributed by atoms with Crippen LogP contribution in [0, 0.1) is 6.92 Å². The fraction of sp³-hybridized carbons (Fsp3) is 0.619. The number of piperidine rings is 1. The lowest BCUT2D eigenvalue weighted by atomic mass is 9.84. The summed E-state index contributed by atoms with van der Waals surface area (Å²) in [6, 6.07) is 1.93. The number of likely N-dealkylation sites (tertiary alicyclic amines) is 1. The lowest BCUT2D eigenvalue weighted by molar-refractivity contribution is -0.0367. The third kappa shape index (κ3) is 4.58. The molecule has 0 aromatic carbocycles. The first-order valence-electron chi connectivity index (χ1n) is 9.86. The Labute approximate surface area is 167 Å². The Morgan fingerprint density at radius 1 is 1.25 bits per heavy atom. The van der Waals surface area contributed by atoms with Gasteiger partial charge in [0, 0.05) is 18.7 Å². The molecule has 1 aliphatic rings. The molecule has 0 atom stereocenters. The van der Waals surface area contributed by atoms with Crippen molar-refractivity contribution >= 4 is 11.6 Å². The summed E-state index contributed by atoms with van der Waals surface area (Å²) in [6.07, 6.45) is 4.08. The summed E-state index contributed by atoms with van der Waals surface area (Å²) < 4.78 is 12.7.